The van der Waals surface area contributed by atoms with Crippen LogP contribution in [-0.4, -0.2) is 38.4 Å². The van der Waals surface area contributed by atoms with Gasteiger partial charge in [-0.15, -0.1) is 0 Å². The number of esters is 1. The second kappa shape index (κ2) is 8.18. The Kier molecular flexibility index (Phi) is 5.99. The minimum atomic E-state index is -0.822. The van der Waals surface area contributed by atoms with Gasteiger partial charge in [-0.3, -0.25) is 19.4 Å². The van der Waals surface area contributed by atoms with Gasteiger partial charge in [-0.25, -0.2) is 4.98 Å². The summed E-state index contributed by atoms with van der Waals surface area (Å²) in [6.07, 6.45) is 1.53. The number of aromatic amines is 1. The predicted molar refractivity (Wildman–Crippen MR) is 89.1 cm³/mol. The Hall–Kier alpha value is -3.03. The standard InChI is InChI=1S/C17H19N3O5/c1-3-25-13(22)9-10(2)8-12(21)14-15(23)17(24)20-16(19-14)11-6-4-5-7-18-11/h4-7,10,23H,3,8-9H2,1-2H3,(H,19,20,24). The first-order valence-corrected chi connectivity index (χ1v) is 7.85. The first kappa shape index (κ1) is 18.3. The van der Waals surface area contributed by atoms with E-state index >= 15 is 0 Å². The second-order valence-electron chi connectivity index (χ2n) is 5.57. The van der Waals surface area contributed by atoms with Gasteiger partial charge >= 0.3 is 5.97 Å². The number of nitrogens with one attached hydrogen (secondary N) is 1. The number of pyridine rings is 1. The van der Waals surface area contributed by atoms with Gasteiger partial charge in [-0.2, -0.15) is 0 Å². The van der Waals surface area contributed by atoms with E-state index in [0.717, 1.165) is 0 Å². The van der Waals surface area contributed by atoms with Crippen LogP contribution in [0.5, 0.6) is 5.75 Å². The minimum absolute atomic E-state index is 0.0511. The van der Waals surface area contributed by atoms with Gasteiger partial charge in [0.05, 0.1) is 6.61 Å². The summed E-state index contributed by atoms with van der Waals surface area (Å²) in [7, 11) is 0. The molecule has 0 spiro atoms. The van der Waals surface area contributed by atoms with E-state index < -0.39 is 23.1 Å². The van der Waals surface area contributed by atoms with Gasteiger partial charge in [-0.1, -0.05) is 13.0 Å². The molecule has 0 aliphatic rings. The zero-order chi connectivity index (χ0) is 18.4. The molecular formula is C17H19N3O5. The molecule has 1 unspecified atom stereocenters. The molecule has 25 heavy (non-hydrogen) atoms. The van der Waals surface area contributed by atoms with Crippen LogP contribution in [0.4, 0.5) is 0 Å². The molecule has 2 heterocycles. The maximum absolute atomic E-state index is 12.4. The molecular weight excluding hydrogens is 326 g/mol. The summed E-state index contributed by atoms with van der Waals surface area (Å²) in [6, 6.07) is 5.02. The third-order valence-electron chi connectivity index (χ3n) is 3.42. The second-order valence-corrected chi connectivity index (χ2v) is 5.57. The minimum Gasteiger partial charge on any atom is -0.501 e. The molecule has 0 aliphatic heterocycles. The highest BCUT2D eigenvalue weighted by Crippen LogP contribution is 2.19. The summed E-state index contributed by atoms with van der Waals surface area (Å²) in [5.74, 6) is -1.90. The van der Waals surface area contributed by atoms with Crippen LogP contribution < -0.4 is 5.56 Å². The maximum Gasteiger partial charge on any atom is 0.306 e. The van der Waals surface area contributed by atoms with Gasteiger partial charge in [0.25, 0.3) is 5.56 Å². The molecule has 0 aromatic carbocycles. The van der Waals surface area contributed by atoms with E-state index in [9.17, 15) is 19.5 Å². The molecule has 0 saturated carbocycles. The Morgan fingerprint density at radius 2 is 2.08 bits per heavy atom. The average Bonchev–Trinajstić information content (AvgIpc) is 2.57. The summed E-state index contributed by atoms with van der Waals surface area (Å²) in [6.45, 7) is 3.67. The Morgan fingerprint density at radius 3 is 2.72 bits per heavy atom. The summed E-state index contributed by atoms with van der Waals surface area (Å²) in [5, 5.41) is 9.88. The molecule has 2 aromatic heterocycles. The van der Waals surface area contributed by atoms with Crippen LogP contribution in [-0.2, 0) is 9.53 Å². The molecule has 8 nitrogen and oxygen atoms in total. The highest BCUT2D eigenvalue weighted by Gasteiger charge is 2.22. The van der Waals surface area contributed by atoms with E-state index in [1.54, 1.807) is 32.0 Å². The highest BCUT2D eigenvalue weighted by molar-refractivity contribution is 5.97. The molecule has 8 heteroatoms. The molecule has 2 rings (SSSR count). The van der Waals surface area contributed by atoms with Gasteiger partial charge in [-0.05, 0) is 25.0 Å². The van der Waals surface area contributed by atoms with Crippen molar-refractivity contribution in [3.05, 3.63) is 40.4 Å². The van der Waals surface area contributed by atoms with Crippen LogP contribution in [0.1, 0.15) is 37.2 Å². The number of carbonyl (C=O) groups excluding carboxylic acids is 2. The number of ether oxygens (including phenoxy) is 1. The number of hydrogen-bond acceptors (Lipinski definition) is 7. The summed E-state index contributed by atoms with van der Waals surface area (Å²) >= 11 is 0. The van der Waals surface area contributed by atoms with Crippen LogP contribution in [0.2, 0.25) is 0 Å². The third kappa shape index (κ3) is 4.72. The van der Waals surface area contributed by atoms with E-state index in [2.05, 4.69) is 15.0 Å². The number of rotatable bonds is 7. The van der Waals surface area contributed by atoms with E-state index in [1.165, 1.54) is 6.20 Å². The first-order valence-electron chi connectivity index (χ1n) is 7.85. The molecule has 2 N–H and O–H groups in total. The molecule has 0 radical (unpaired) electrons. The number of aromatic hydroxyl groups is 1. The van der Waals surface area contributed by atoms with Crippen molar-refractivity contribution in [1.29, 1.82) is 0 Å². The van der Waals surface area contributed by atoms with Crippen molar-refractivity contribution in [2.45, 2.75) is 26.7 Å². The normalized spacial score (nSPS) is 11.8. The summed E-state index contributed by atoms with van der Waals surface area (Å²) in [5.41, 5.74) is -0.787. The van der Waals surface area contributed by atoms with Gasteiger partial charge in [0.2, 0.25) is 5.75 Å². The Balaban J connectivity index is 2.23. The van der Waals surface area contributed by atoms with Crippen molar-refractivity contribution in [3.8, 4) is 17.3 Å². The van der Waals surface area contributed by atoms with E-state index in [-0.39, 0.29) is 36.9 Å². The van der Waals surface area contributed by atoms with Crippen molar-refractivity contribution in [2.75, 3.05) is 6.61 Å². The van der Waals surface area contributed by atoms with Crippen molar-refractivity contribution < 1.29 is 19.4 Å². The predicted octanol–water partition coefficient (Wildman–Crippen LogP) is 1.70. The monoisotopic (exact) mass is 345 g/mol. The summed E-state index contributed by atoms with van der Waals surface area (Å²) < 4.78 is 4.84. The van der Waals surface area contributed by atoms with Gasteiger partial charge < -0.3 is 14.8 Å². The maximum atomic E-state index is 12.4. The number of Topliss-reactive ketones (excluding diaryl/α,β-unsaturated/α-hetero) is 1. The average molecular weight is 345 g/mol. The van der Waals surface area contributed by atoms with E-state index in [0.29, 0.717) is 5.69 Å². The molecule has 132 valence electrons. The zero-order valence-corrected chi connectivity index (χ0v) is 14.0. The molecule has 0 amide bonds. The number of aromatic nitrogens is 3. The van der Waals surface area contributed by atoms with Gasteiger partial charge in [0, 0.05) is 19.0 Å². The zero-order valence-electron chi connectivity index (χ0n) is 14.0. The quantitative estimate of drug-likeness (QED) is 0.578. The number of carbonyl (C=O) groups is 2. The molecule has 2 aromatic rings. The van der Waals surface area contributed by atoms with Crippen molar-refractivity contribution in [3.63, 3.8) is 0 Å². The van der Waals surface area contributed by atoms with Gasteiger partial charge in [0.1, 0.15) is 5.69 Å². The number of hydrogen-bond donors (Lipinski definition) is 2. The first-order chi connectivity index (χ1) is 11.9. The van der Waals surface area contributed by atoms with Crippen LogP contribution in [0.15, 0.2) is 29.2 Å². The molecule has 0 aliphatic carbocycles. The topological polar surface area (TPSA) is 122 Å². The van der Waals surface area contributed by atoms with Crippen LogP contribution in [0.3, 0.4) is 0 Å². The van der Waals surface area contributed by atoms with Crippen LogP contribution >= 0.6 is 0 Å². The lowest BCUT2D eigenvalue weighted by Crippen LogP contribution is -2.18. The number of ketones is 1. The van der Waals surface area contributed by atoms with E-state index in [4.69, 9.17) is 4.74 Å². The van der Waals surface area contributed by atoms with Crippen molar-refractivity contribution in [1.82, 2.24) is 15.0 Å². The Morgan fingerprint density at radius 1 is 1.32 bits per heavy atom. The fraction of sp³-hybridized carbons (Fsp3) is 0.353. The molecule has 0 bridgehead atoms. The SMILES string of the molecule is CCOC(=O)CC(C)CC(=O)c1nc(-c2ccccn2)[nH]c(=O)c1O. The Labute approximate surface area is 143 Å². The van der Waals surface area contributed by atoms with Crippen molar-refractivity contribution >= 4 is 11.8 Å². The molecule has 0 saturated heterocycles. The number of H-pyrrole nitrogens is 1. The molecule has 0 fully saturated rings. The van der Waals surface area contributed by atoms with Crippen LogP contribution in [0.25, 0.3) is 11.5 Å². The highest BCUT2D eigenvalue weighted by atomic mass is 16.5. The third-order valence-corrected chi connectivity index (χ3v) is 3.42. The lowest BCUT2D eigenvalue weighted by Gasteiger charge is -2.10. The smallest absolute Gasteiger partial charge is 0.306 e. The lowest BCUT2D eigenvalue weighted by atomic mass is 9.99. The summed E-state index contributed by atoms with van der Waals surface area (Å²) in [4.78, 5) is 46.2. The number of nitrogens with zero attached hydrogens (tertiary/aromatic N) is 2. The lowest BCUT2D eigenvalue weighted by molar-refractivity contribution is -0.144. The fourth-order valence-corrected chi connectivity index (χ4v) is 2.28. The largest absolute Gasteiger partial charge is 0.501 e. The van der Waals surface area contributed by atoms with Gasteiger partial charge in [0.15, 0.2) is 17.3 Å². The van der Waals surface area contributed by atoms with Crippen molar-refractivity contribution in [2.24, 2.45) is 5.92 Å². The fourth-order valence-electron chi connectivity index (χ4n) is 2.28. The Bertz CT molecular complexity index is 817. The molecule has 1 atom stereocenters. The van der Waals surface area contributed by atoms with E-state index in [1.807, 2.05) is 0 Å². The van der Waals surface area contributed by atoms with Crippen LogP contribution in [0, 0.1) is 5.92 Å².